The number of carbonyl (C=O) groups is 2. The molecule has 0 saturated carbocycles. The van der Waals surface area contributed by atoms with Gasteiger partial charge in [-0.05, 0) is 27.8 Å². The molecule has 0 aromatic heterocycles. The monoisotopic (exact) mass is 449 g/mol. The molecular formula is C25H23NO5S. The Morgan fingerprint density at radius 1 is 0.906 bits per heavy atom. The second-order valence-corrected chi connectivity index (χ2v) is 9.10. The zero-order valence-corrected chi connectivity index (χ0v) is 18.1. The van der Waals surface area contributed by atoms with Crippen molar-refractivity contribution in [3.63, 3.8) is 0 Å². The number of carbonyl (C=O) groups excluding carboxylic acids is 1. The maximum Gasteiger partial charge on any atom is 0.407 e. The van der Waals surface area contributed by atoms with E-state index in [1.807, 2.05) is 78.9 Å². The lowest BCUT2D eigenvalue weighted by atomic mass is 9.98. The molecule has 2 N–H and O–H groups in total. The predicted molar refractivity (Wildman–Crippen MR) is 123 cm³/mol. The van der Waals surface area contributed by atoms with Crippen molar-refractivity contribution in [1.82, 2.24) is 5.32 Å². The Labute approximate surface area is 188 Å². The largest absolute Gasteiger partial charge is 0.480 e. The molecule has 1 aliphatic carbocycles. The van der Waals surface area contributed by atoms with Gasteiger partial charge in [0.1, 0.15) is 12.6 Å². The van der Waals surface area contributed by atoms with Crippen molar-refractivity contribution in [3.8, 4) is 11.1 Å². The minimum Gasteiger partial charge on any atom is -0.480 e. The van der Waals surface area contributed by atoms with Crippen molar-refractivity contribution in [3.05, 3.63) is 95.6 Å². The summed E-state index contributed by atoms with van der Waals surface area (Å²) in [5, 5.41) is 11.8. The maximum atomic E-state index is 12.4. The Balaban J connectivity index is 1.37. The molecule has 2 atom stereocenters. The lowest BCUT2D eigenvalue weighted by Crippen LogP contribution is -2.45. The number of aliphatic carboxylic acids is 1. The molecule has 1 amide bonds. The normalized spacial score (nSPS) is 14.1. The van der Waals surface area contributed by atoms with Crippen LogP contribution in [0.2, 0.25) is 0 Å². The molecule has 32 heavy (non-hydrogen) atoms. The topological polar surface area (TPSA) is 92.7 Å². The second kappa shape index (κ2) is 9.78. The van der Waals surface area contributed by atoms with Gasteiger partial charge in [0.2, 0.25) is 0 Å². The number of carboxylic acids is 1. The van der Waals surface area contributed by atoms with E-state index >= 15 is 0 Å². The molecule has 3 aromatic carbocycles. The van der Waals surface area contributed by atoms with Gasteiger partial charge in [-0.1, -0.05) is 78.9 Å². The minimum atomic E-state index is -1.45. The van der Waals surface area contributed by atoms with E-state index in [9.17, 15) is 18.9 Å². The molecule has 164 valence electrons. The summed E-state index contributed by atoms with van der Waals surface area (Å²) >= 11 is 0. The smallest absolute Gasteiger partial charge is 0.407 e. The van der Waals surface area contributed by atoms with Crippen LogP contribution in [0.25, 0.3) is 11.1 Å². The van der Waals surface area contributed by atoms with Crippen LogP contribution in [-0.4, -0.2) is 39.8 Å². The first kappa shape index (κ1) is 21.8. The quantitative estimate of drug-likeness (QED) is 0.544. The summed E-state index contributed by atoms with van der Waals surface area (Å²) in [5.41, 5.74) is 5.20. The van der Waals surface area contributed by atoms with E-state index in [2.05, 4.69) is 5.32 Å². The molecule has 0 aliphatic heterocycles. The number of fused-ring (bicyclic) bond motifs is 3. The van der Waals surface area contributed by atoms with E-state index in [-0.39, 0.29) is 24.0 Å². The molecule has 1 unspecified atom stereocenters. The first-order valence-electron chi connectivity index (χ1n) is 10.3. The van der Waals surface area contributed by atoms with Gasteiger partial charge in [-0.2, -0.15) is 0 Å². The van der Waals surface area contributed by atoms with E-state index in [4.69, 9.17) is 4.74 Å². The van der Waals surface area contributed by atoms with Gasteiger partial charge in [-0.15, -0.1) is 0 Å². The van der Waals surface area contributed by atoms with E-state index in [0.717, 1.165) is 27.8 Å². The Morgan fingerprint density at radius 3 is 2.06 bits per heavy atom. The number of carboxylic acid groups (broad SMARTS) is 1. The Kier molecular flexibility index (Phi) is 6.66. The SMILES string of the molecule is O=C(N[C@@H](CS(=O)Cc1ccccc1)C(=O)O)OCC1c2ccccc2-c2ccccc21. The maximum absolute atomic E-state index is 12.4. The predicted octanol–water partition coefficient (Wildman–Crippen LogP) is 3.93. The summed E-state index contributed by atoms with van der Waals surface area (Å²) in [5.74, 6) is -1.35. The molecule has 6 nitrogen and oxygen atoms in total. The average molecular weight is 450 g/mol. The highest BCUT2D eigenvalue weighted by atomic mass is 32.2. The third-order valence-electron chi connectivity index (χ3n) is 5.46. The van der Waals surface area contributed by atoms with Crippen LogP contribution in [0.3, 0.4) is 0 Å². The standard InChI is InChI=1S/C25H23NO5S/c27-24(28)23(16-32(30)15-17-8-2-1-3-9-17)26-25(29)31-14-22-20-12-6-4-10-18(20)19-11-5-7-13-21(19)22/h1-13,22-23H,14-16H2,(H,26,29)(H,27,28)/t23-,32?/m0/s1. The summed E-state index contributed by atoms with van der Waals surface area (Å²) in [6.07, 6.45) is -0.837. The molecule has 0 radical (unpaired) electrons. The minimum absolute atomic E-state index is 0.0826. The van der Waals surface area contributed by atoms with Crippen LogP contribution in [0.15, 0.2) is 78.9 Å². The van der Waals surface area contributed by atoms with E-state index in [0.29, 0.717) is 0 Å². The molecule has 0 saturated heterocycles. The second-order valence-electron chi connectivity index (χ2n) is 7.60. The number of alkyl carbamates (subject to hydrolysis) is 1. The fraction of sp³-hybridized carbons (Fsp3) is 0.200. The van der Waals surface area contributed by atoms with Crippen LogP contribution < -0.4 is 5.32 Å². The Hall–Kier alpha value is -3.45. The van der Waals surface area contributed by atoms with Crippen molar-refractivity contribution in [2.24, 2.45) is 0 Å². The molecule has 7 heteroatoms. The van der Waals surface area contributed by atoms with Gasteiger partial charge >= 0.3 is 12.1 Å². The van der Waals surface area contributed by atoms with Crippen LogP contribution >= 0.6 is 0 Å². The first-order chi connectivity index (χ1) is 15.5. The van der Waals surface area contributed by atoms with Crippen LogP contribution in [0, 0.1) is 0 Å². The molecule has 0 spiro atoms. The number of benzene rings is 3. The third kappa shape index (κ3) is 4.89. The fourth-order valence-electron chi connectivity index (χ4n) is 3.96. The lowest BCUT2D eigenvalue weighted by Gasteiger charge is -2.17. The van der Waals surface area contributed by atoms with E-state index in [1.54, 1.807) is 0 Å². The van der Waals surface area contributed by atoms with Crippen molar-refractivity contribution in [2.75, 3.05) is 12.4 Å². The van der Waals surface area contributed by atoms with Crippen LogP contribution in [0.5, 0.6) is 0 Å². The van der Waals surface area contributed by atoms with Crippen molar-refractivity contribution < 1.29 is 23.6 Å². The van der Waals surface area contributed by atoms with Crippen LogP contribution in [0.4, 0.5) is 4.79 Å². The fourth-order valence-corrected chi connectivity index (χ4v) is 5.24. The highest BCUT2D eigenvalue weighted by Crippen LogP contribution is 2.44. The van der Waals surface area contributed by atoms with E-state index in [1.165, 1.54) is 0 Å². The third-order valence-corrected chi connectivity index (χ3v) is 6.82. The highest BCUT2D eigenvalue weighted by molar-refractivity contribution is 7.84. The number of hydrogen-bond donors (Lipinski definition) is 2. The number of nitrogens with one attached hydrogen (secondary N) is 1. The first-order valence-corrected chi connectivity index (χ1v) is 11.7. The van der Waals surface area contributed by atoms with E-state index < -0.39 is 28.9 Å². The number of hydrogen-bond acceptors (Lipinski definition) is 4. The van der Waals surface area contributed by atoms with Gasteiger partial charge in [-0.25, -0.2) is 9.59 Å². The highest BCUT2D eigenvalue weighted by Gasteiger charge is 2.30. The lowest BCUT2D eigenvalue weighted by molar-refractivity contribution is -0.138. The average Bonchev–Trinajstić information content (AvgIpc) is 3.11. The summed E-state index contributed by atoms with van der Waals surface area (Å²) in [4.78, 5) is 24.0. The van der Waals surface area contributed by atoms with Crippen molar-refractivity contribution in [1.29, 1.82) is 0 Å². The molecule has 0 bridgehead atoms. The zero-order chi connectivity index (χ0) is 22.5. The van der Waals surface area contributed by atoms with Gasteiger partial charge in [0.25, 0.3) is 0 Å². The molecular weight excluding hydrogens is 426 g/mol. The van der Waals surface area contributed by atoms with Gasteiger partial charge in [0, 0.05) is 22.5 Å². The van der Waals surface area contributed by atoms with Crippen LogP contribution in [-0.2, 0) is 26.1 Å². The van der Waals surface area contributed by atoms with Gasteiger partial charge in [0.15, 0.2) is 0 Å². The van der Waals surface area contributed by atoms with Gasteiger partial charge in [0.05, 0.1) is 5.75 Å². The zero-order valence-electron chi connectivity index (χ0n) is 17.3. The molecule has 0 heterocycles. The molecule has 1 aliphatic rings. The summed E-state index contributed by atoms with van der Waals surface area (Å²) in [6.45, 7) is 0.0826. The summed E-state index contributed by atoms with van der Waals surface area (Å²) in [6, 6.07) is 23.8. The van der Waals surface area contributed by atoms with Crippen LogP contribution in [0.1, 0.15) is 22.6 Å². The van der Waals surface area contributed by atoms with Crippen molar-refractivity contribution >= 4 is 22.9 Å². The Morgan fingerprint density at radius 2 is 1.47 bits per heavy atom. The summed E-state index contributed by atoms with van der Waals surface area (Å²) in [7, 11) is -1.45. The number of ether oxygens (including phenoxy) is 1. The Bertz CT molecular complexity index is 1100. The molecule has 3 aromatic rings. The number of rotatable bonds is 8. The van der Waals surface area contributed by atoms with Gasteiger partial charge < -0.3 is 15.2 Å². The van der Waals surface area contributed by atoms with Crippen molar-refractivity contribution in [2.45, 2.75) is 17.7 Å². The summed E-state index contributed by atoms with van der Waals surface area (Å²) < 4.78 is 17.8. The van der Waals surface area contributed by atoms with Gasteiger partial charge in [-0.3, -0.25) is 4.21 Å². The molecule has 0 fully saturated rings. The number of amides is 1. The molecule has 4 rings (SSSR count).